The summed E-state index contributed by atoms with van der Waals surface area (Å²) in [5.41, 5.74) is 5.92. The fourth-order valence-electron chi connectivity index (χ4n) is 1.30. The van der Waals surface area contributed by atoms with Crippen LogP contribution in [0.3, 0.4) is 0 Å². The van der Waals surface area contributed by atoms with E-state index in [2.05, 4.69) is 16.0 Å². The van der Waals surface area contributed by atoms with E-state index in [9.17, 15) is 9.59 Å². The molecule has 0 aliphatic heterocycles. The first kappa shape index (κ1) is 15.0. The molecule has 6 heteroatoms. The van der Waals surface area contributed by atoms with Crippen molar-refractivity contribution in [2.45, 2.75) is 26.3 Å². The Morgan fingerprint density at radius 3 is 2.32 bits per heavy atom. The van der Waals surface area contributed by atoms with E-state index in [0.29, 0.717) is 17.9 Å². The van der Waals surface area contributed by atoms with Crippen molar-refractivity contribution in [2.24, 2.45) is 5.73 Å². The predicted molar refractivity (Wildman–Crippen MR) is 76.0 cm³/mol. The fraction of sp³-hybridized carbons (Fsp3) is 0.385. The molecule has 0 unspecified atom stereocenters. The van der Waals surface area contributed by atoms with Gasteiger partial charge in [0, 0.05) is 17.9 Å². The van der Waals surface area contributed by atoms with Crippen LogP contribution in [0.5, 0.6) is 0 Å². The number of carbonyl (C=O) groups is 2. The van der Waals surface area contributed by atoms with Gasteiger partial charge in [-0.05, 0) is 39.0 Å². The van der Waals surface area contributed by atoms with Crippen molar-refractivity contribution in [3.8, 4) is 0 Å². The molecule has 1 aromatic rings. The minimum atomic E-state index is -0.955. The molecule has 0 aromatic heterocycles. The van der Waals surface area contributed by atoms with Gasteiger partial charge in [0.15, 0.2) is 0 Å². The quantitative estimate of drug-likeness (QED) is 0.663. The zero-order valence-corrected chi connectivity index (χ0v) is 11.4. The van der Waals surface area contributed by atoms with Crippen molar-refractivity contribution in [1.29, 1.82) is 0 Å². The molecular formula is C13H20N4O2. The normalized spacial score (nSPS) is 10.7. The molecule has 0 radical (unpaired) electrons. The van der Waals surface area contributed by atoms with Crippen LogP contribution in [0.2, 0.25) is 0 Å². The molecule has 0 aliphatic carbocycles. The van der Waals surface area contributed by atoms with Crippen LogP contribution in [-0.2, 0) is 4.79 Å². The zero-order valence-electron chi connectivity index (χ0n) is 11.4. The molecule has 3 amide bonds. The van der Waals surface area contributed by atoms with E-state index in [1.807, 2.05) is 6.92 Å². The molecule has 0 heterocycles. The van der Waals surface area contributed by atoms with Crippen LogP contribution in [0, 0.1) is 0 Å². The van der Waals surface area contributed by atoms with Crippen LogP contribution >= 0.6 is 0 Å². The van der Waals surface area contributed by atoms with E-state index in [-0.39, 0.29) is 11.9 Å². The van der Waals surface area contributed by atoms with Gasteiger partial charge in [-0.3, -0.25) is 4.79 Å². The second-order valence-corrected chi connectivity index (χ2v) is 4.74. The Morgan fingerprint density at radius 2 is 1.79 bits per heavy atom. The summed E-state index contributed by atoms with van der Waals surface area (Å²) >= 11 is 0. The highest BCUT2D eigenvalue weighted by Gasteiger charge is 2.21. The smallest absolute Gasteiger partial charge is 0.319 e. The Morgan fingerprint density at radius 1 is 1.21 bits per heavy atom. The topological polar surface area (TPSA) is 96.2 Å². The number of urea groups is 1. The first-order valence-corrected chi connectivity index (χ1v) is 6.08. The second-order valence-electron chi connectivity index (χ2n) is 4.74. The van der Waals surface area contributed by atoms with Gasteiger partial charge < -0.3 is 21.7 Å². The number of anilines is 2. The lowest BCUT2D eigenvalue weighted by molar-refractivity contribution is -0.120. The van der Waals surface area contributed by atoms with E-state index >= 15 is 0 Å². The number of nitrogens with two attached hydrogens (primary N) is 1. The molecule has 0 aliphatic rings. The summed E-state index contributed by atoms with van der Waals surface area (Å²) in [6.45, 7) is 5.63. The highest BCUT2D eigenvalue weighted by atomic mass is 16.2. The standard InChI is InChI=1S/C13H20N4O2/c1-4-15-12(19)17-10-7-5-6-9(8-10)16-11(18)13(2,3)14/h5-8H,4,14H2,1-3H3,(H,16,18)(H2,15,17,19). The van der Waals surface area contributed by atoms with E-state index in [1.54, 1.807) is 38.1 Å². The minimum absolute atomic E-state index is 0.287. The number of hydrogen-bond acceptors (Lipinski definition) is 3. The van der Waals surface area contributed by atoms with Crippen molar-refractivity contribution >= 4 is 23.3 Å². The van der Waals surface area contributed by atoms with E-state index in [1.165, 1.54) is 0 Å². The SMILES string of the molecule is CCNC(=O)Nc1cccc(NC(=O)C(C)(C)N)c1. The van der Waals surface area contributed by atoms with Crippen LogP contribution in [0.4, 0.5) is 16.2 Å². The minimum Gasteiger partial charge on any atom is -0.338 e. The van der Waals surface area contributed by atoms with Gasteiger partial charge >= 0.3 is 6.03 Å². The van der Waals surface area contributed by atoms with Crippen LogP contribution < -0.4 is 21.7 Å². The van der Waals surface area contributed by atoms with Crippen molar-refractivity contribution in [3.63, 3.8) is 0 Å². The lowest BCUT2D eigenvalue weighted by Gasteiger charge is -2.18. The molecule has 0 spiro atoms. The second kappa shape index (κ2) is 6.19. The van der Waals surface area contributed by atoms with Crippen LogP contribution in [0.1, 0.15) is 20.8 Å². The average Bonchev–Trinajstić information content (AvgIpc) is 2.28. The predicted octanol–water partition coefficient (Wildman–Crippen LogP) is 1.50. The van der Waals surface area contributed by atoms with Gasteiger partial charge in [0.25, 0.3) is 0 Å². The third kappa shape index (κ3) is 4.97. The maximum Gasteiger partial charge on any atom is 0.319 e. The number of carbonyl (C=O) groups excluding carboxylic acids is 2. The third-order valence-electron chi connectivity index (χ3n) is 2.30. The molecule has 0 saturated carbocycles. The number of benzene rings is 1. The van der Waals surface area contributed by atoms with Gasteiger partial charge in [0.1, 0.15) is 0 Å². The third-order valence-corrected chi connectivity index (χ3v) is 2.30. The fourth-order valence-corrected chi connectivity index (χ4v) is 1.30. The monoisotopic (exact) mass is 264 g/mol. The number of amides is 3. The van der Waals surface area contributed by atoms with Gasteiger partial charge in [0.05, 0.1) is 5.54 Å². The Balaban J connectivity index is 2.72. The summed E-state index contributed by atoms with van der Waals surface area (Å²) in [6.07, 6.45) is 0. The lowest BCUT2D eigenvalue weighted by atomic mass is 10.1. The summed E-state index contributed by atoms with van der Waals surface area (Å²) in [6, 6.07) is 6.58. The summed E-state index contributed by atoms with van der Waals surface area (Å²) in [5.74, 6) is -0.289. The van der Waals surface area contributed by atoms with Crippen molar-refractivity contribution in [2.75, 3.05) is 17.2 Å². The molecule has 5 N–H and O–H groups in total. The molecule has 0 bridgehead atoms. The molecule has 1 rings (SSSR count). The number of nitrogens with one attached hydrogen (secondary N) is 3. The number of rotatable bonds is 4. The molecule has 104 valence electrons. The first-order chi connectivity index (χ1) is 8.82. The maximum absolute atomic E-state index is 11.7. The van der Waals surface area contributed by atoms with Gasteiger partial charge in [-0.25, -0.2) is 4.79 Å². The Kier molecular flexibility index (Phi) is 4.88. The van der Waals surface area contributed by atoms with Crippen molar-refractivity contribution in [1.82, 2.24) is 5.32 Å². The highest BCUT2D eigenvalue weighted by molar-refractivity contribution is 5.98. The Labute approximate surface area is 112 Å². The molecule has 19 heavy (non-hydrogen) atoms. The van der Waals surface area contributed by atoms with Crippen molar-refractivity contribution in [3.05, 3.63) is 24.3 Å². The summed E-state index contributed by atoms with van der Waals surface area (Å²) in [5, 5.41) is 7.98. The average molecular weight is 264 g/mol. The van der Waals surface area contributed by atoms with Gasteiger partial charge in [-0.1, -0.05) is 6.07 Å². The Bertz CT molecular complexity index is 466. The van der Waals surface area contributed by atoms with Gasteiger partial charge in [-0.15, -0.1) is 0 Å². The first-order valence-electron chi connectivity index (χ1n) is 6.08. The van der Waals surface area contributed by atoms with E-state index in [4.69, 9.17) is 5.73 Å². The lowest BCUT2D eigenvalue weighted by Crippen LogP contribution is -2.45. The summed E-state index contributed by atoms with van der Waals surface area (Å²) in [4.78, 5) is 23.1. The highest BCUT2D eigenvalue weighted by Crippen LogP contribution is 2.16. The summed E-state index contributed by atoms with van der Waals surface area (Å²) in [7, 11) is 0. The molecule has 1 aromatic carbocycles. The Hall–Kier alpha value is -2.08. The zero-order chi connectivity index (χ0) is 14.5. The van der Waals surface area contributed by atoms with E-state index in [0.717, 1.165) is 0 Å². The largest absolute Gasteiger partial charge is 0.338 e. The number of hydrogen-bond donors (Lipinski definition) is 4. The van der Waals surface area contributed by atoms with Crippen LogP contribution in [0.15, 0.2) is 24.3 Å². The summed E-state index contributed by atoms with van der Waals surface area (Å²) < 4.78 is 0. The van der Waals surface area contributed by atoms with Crippen molar-refractivity contribution < 1.29 is 9.59 Å². The maximum atomic E-state index is 11.7. The van der Waals surface area contributed by atoms with Crippen LogP contribution in [-0.4, -0.2) is 24.0 Å². The molecular weight excluding hydrogens is 244 g/mol. The molecule has 6 nitrogen and oxygen atoms in total. The molecule has 0 saturated heterocycles. The van der Waals surface area contributed by atoms with Gasteiger partial charge in [0.2, 0.25) is 5.91 Å². The van der Waals surface area contributed by atoms with E-state index < -0.39 is 5.54 Å². The molecule has 0 fully saturated rings. The van der Waals surface area contributed by atoms with Crippen LogP contribution in [0.25, 0.3) is 0 Å². The van der Waals surface area contributed by atoms with Gasteiger partial charge in [-0.2, -0.15) is 0 Å². The molecule has 0 atom stereocenters.